The monoisotopic (exact) mass is 276 g/mol. The van der Waals surface area contributed by atoms with Crippen LogP contribution >= 0.6 is 12.4 Å². The highest BCUT2D eigenvalue weighted by atomic mass is 35.5. The third-order valence-electron chi connectivity index (χ3n) is 4.68. The van der Waals surface area contributed by atoms with Gasteiger partial charge in [0.25, 0.3) is 0 Å². The number of halogens is 1. The molecule has 2 rings (SSSR count). The lowest BCUT2D eigenvalue weighted by molar-refractivity contribution is -0.140. The second kappa shape index (κ2) is 5.35. The first-order valence-electron chi connectivity index (χ1n) is 6.44. The fourth-order valence-corrected chi connectivity index (χ4v) is 2.87. The van der Waals surface area contributed by atoms with Crippen molar-refractivity contribution in [2.45, 2.75) is 45.8 Å². The van der Waals surface area contributed by atoms with E-state index in [1.807, 2.05) is 6.92 Å². The quantitative estimate of drug-likeness (QED) is 0.818. The lowest BCUT2D eigenvalue weighted by Gasteiger charge is -2.51. The number of methoxy groups -OCH3 is 1. The zero-order chi connectivity index (χ0) is 12.7. The summed E-state index contributed by atoms with van der Waals surface area (Å²) in [6, 6.07) is 0.248. The van der Waals surface area contributed by atoms with Crippen molar-refractivity contribution in [2.75, 3.05) is 20.2 Å². The average molecular weight is 277 g/mol. The molecular formula is C13H25ClN2O2. The summed E-state index contributed by atoms with van der Waals surface area (Å²) >= 11 is 0. The van der Waals surface area contributed by atoms with Crippen molar-refractivity contribution < 1.29 is 9.53 Å². The van der Waals surface area contributed by atoms with Gasteiger partial charge in [-0.1, -0.05) is 13.8 Å². The van der Waals surface area contributed by atoms with Crippen molar-refractivity contribution in [3.05, 3.63) is 0 Å². The Bertz CT molecular complexity index is 314. The summed E-state index contributed by atoms with van der Waals surface area (Å²) in [6.07, 6.45) is 2.13. The van der Waals surface area contributed by atoms with Gasteiger partial charge in [-0.05, 0) is 26.3 Å². The van der Waals surface area contributed by atoms with Crippen LogP contribution in [-0.4, -0.2) is 38.3 Å². The fraction of sp³-hybridized carbons (Fsp3) is 0.923. The summed E-state index contributed by atoms with van der Waals surface area (Å²) in [5.41, 5.74) is -0.180. The predicted molar refractivity (Wildman–Crippen MR) is 74.0 cm³/mol. The molecule has 2 N–H and O–H groups in total. The second-order valence-corrected chi connectivity index (χ2v) is 6.29. The van der Waals surface area contributed by atoms with Crippen LogP contribution in [0.3, 0.4) is 0 Å². The molecule has 0 aromatic carbocycles. The second-order valence-electron chi connectivity index (χ2n) is 6.29. The van der Waals surface area contributed by atoms with Gasteiger partial charge in [0.2, 0.25) is 5.91 Å². The van der Waals surface area contributed by atoms with Crippen molar-refractivity contribution >= 4 is 18.3 Å². The molecule has 4 nitrogen and oxygen atoms in total. The van der Waals surface area contributed by atoms with E-state index in [2.05, 4.69) is 24.5 Å². The third-order valence-corrected chi connectivity index (χ3v) is 4.68. The summed E-state index contributed by atoms with van der Waals surface area (Å²) in [6.45, 7) is 8.09. The van der Waals surface area contributed by atoms with E-state index in [4.69, 9.17) is 4.74 Å². The molecule has 3 unspecified atom stereocenters. The first kappa shape index (κ1) is 15.7. The van der Waals surface area contributed by atoms with Crippen LogP contribution in [0.1, 0.15) is 33.6 Å². The van der Waals surface area contributed by atoms with Crippen LogP contribution in [0.25, 0.3) is 0 Å². The van der Waals surface area contributed by atoms with Crippen LogP contribution in [0.15, 0.2) is 0 Å². The van der Waals surface area contributed by atoms with E-state index in [-0.39, 0.29) is 41.3 Å². The van der Waals surface area contributed by atoms with Gasteiger partial charge < -0.3 is 15.4 Å². The van der Waals surface area contributed by atoms with E-state index in [1.165, 1.54) is 0 Å². The Kier molecular flexibility index (Phi) is 4.68. The van der Waals surface area contributed by atoms with Gasteiger partial charge in [-0.3, -0.25) is 4.79 Å². The zero-order valence-electron chi connectivity index (χ0n) is 11.7. The van der Waals surface area contributed by atoms with Gasteiger partial charge in [-0.2, -0.15) is 0 Å². The largest absolute Gasteiger partial charge is 0.381 e. The van der Waals surface area contributed by atoms with E-state index in [1.54, 1.807) is 7.11 Å². The molecule has 0 spiro atoms. The number of carbonyl (C=O) groups excluding carboxylic acids is 1. The van der Waals surface area contributed by atoms with Crippen LogP contribution in [0.2, 0.25) is 0 Å². The molecule has 1 amide bonds. The summed E-state index contributed by atoms with van der Waals surface area (Å²) in [4.78, 5) is 12.3. The van der Waals surface area contributed by atoms with Crippen LogP contribution in [-0.2, 0) is 9.53 Å². The first-order chi connectivity index (χ1) is 7.90. The molecule has 0 bridgehead atoms. The molecule has 0 radical (unpaired) electrons. The zero-order valence-corrected chi connectivity index (χ0v) is 12.5. The van der Waals surface area contributed by atoms with Gasteiger partial charge in [0.05, 0.1) is 11.5 Å². The van der Waals surface area contributed by atoms with Gasteiger partial charge in [-0.25, -0.2) is 0 Å². The van der Waals surface area contributed by atoms with E-state index >= 15 is 0 Å². The van der Waals surface area contributed by atoms with Crippen LogP contribution in [0.5, 0.6) is 0 Å². The summed E-state index contributed by atoms with van der Waals surface area (Å²) in [5, 5.41) is 6.45. The van der Waals surface area contributed by atoms with E-state index in [9.17, 15) is 4.79 Å². The minimum Gasteiger partial charge on any atom is -0.381 e. The van der Waals surface area contributed by atoms with Gasteiger partial charge in [0.15, 0.2) is 0 Å². The van der Waals surface area contributed by atoms with E-state index < -0.39 is 0 Å². The topological polar surface area (TPSA) is 50.4 Å². The Morgan fingerprint density at radius 3 is 2.50 bits per heavy atom. The standard InChI is InChI=1S/C13H24N2O2.ClH/c1-12(2)9(7-10(12)17-4)15-11(16)13(3)5-6-14-8-13;/h9-10,14H,5-8H2,1-4H3,(H,15,16);1H. The molecule has 1 heterocycles. The molecular weight excluding hydrogens is 252 g/mol. The summed E-state index contributed by atoms with van der Waals surface area (Å²) in [5.74, 6) is 0.190. The van der Waals surface area contributed by atoms with Crippen LogP contribution < -0.4 is 10.6 Å². The number of nitrogens with one attached hydrogen (secondary N) is 2. The van der Waals surface area contributed by atoms with Crippen molar-refractivity contribution in [1.82, 2.24) is 10.6 Å². The lowest BCUT2D eigenvalue weighted by Crippen LogP contribution is -2.63. The molecule has 1 saturated carbocycles. The number of ether oxygens (including phenoxy) is 1. The molecule has 0 aromatic heterocycles. The smallest absolute Gasteiger partial charge is 0.227 e. The fourth-order valence-electron chi connectivity index (χ4n) is 2.87. The van der Waals surface area contributed by atoms with Gasteiger partial charge in [0, 0.05) is 25.1 Å². The molecule has 2 fully saturated rings. The Hall–Kier alpha value is -0.320. The van der Waals surface area contributed by atoms with Gasteiger partial charge in [0.1, 0.15) is 0 Å². The van der Waals surface area contributed by atoms with Gasteiger partial charge >= 0.3 is 0 Å². The number of hydrogen-bond acceptors (Lipinski definition) is 3. The molecule has 1 aliphatic heterocycles. The third kappa shape index (κ3) is 2.51. The van der Waals surface area contributed by atoms with Crippen molar-refractivity contribution in [1.29, 1.82) is 0 Å². The number of rotatable bonds is 3. The number of hydrogen-bond donors (Lipinski definition) is 2. The van der Waals surface area contributed by atoms with Gasteiger partial charge in [-0.15, -0.1) is 12.4 Å². The molecule has 5 heteroatoms. The van der Waals surface area contributed by atoms with Crippen LogP contribution in [0.4, 0.5) is 0 Å². The van der Waals surface area contributed by atoms with E-state index in [0.29, 0.717) is 0 Å². The Balaban J connectivity index is 0.00000162. The minimum atomic E-state index is -0.228. The van der Waals surface area contributed by atoms with Crippen molar-refractivity contribution in [3.8, 4) is 0 Å². The SMILES string of the molecule is COC1CC(NC(=O)C2(C)CCNC2)C1(C)C.Cl. The average Bonchev–Trinajstić information content (AvgIpc) is 2.71. The minimum absolute atomic E-state index is 0. The molecule has 106 valence electrons. The lowest BCUT2D eigenvalue weighted by atomic mass is 9.64. The molecule has 1 aliphatic carbocycles. The Morgan fingerprint density at radius 1 is 1.39 bits per heavy atom. The summed E-state index contributed by atoms with van der Waals surface area (Å²) < 4.78 is 5.40. The highest BCUT2D eigenvalue weighted by molar-refractivity contribution is 5.85. The van der Waals surface area contributed by atoms with E-state index in [0.717, 1.165) is 25.9 Å². The Morgan fingerprint density at radius 2 is 2.06 bits per heavy atom. The predicted octanol–water partition coefficient (Wildman–Crippen LogP) is 1.34. The highest BCUT2D eigenvalue weighted by Crippen LogP contribution is 2.43. The molecule has 0 aromatic rings. The maximum absolute atomic E-state index is 12.3. The first-order valence-corrected chi connectivity index (χ1v) is 6.44. The molecule has 18 heavy (non-hydrogen) atoms. The maximum Gasteiger partial charge on any atom is 0.227 e. The molecule has 3 atom stereocenters. The highest BCUT2D eigenvalue weighted by Gasteiger charge is 2.50. The maximum atomic E-state index is 12.3. The molecule has 1 saturated heterocycles. The Labute approximate surface area is 116 Å². The van der Waals surface area contributed by atoms with Crippen molar-refractivity contribution in [3.63, 3.8) is 0 Å². The molecule has 2 aliphatic rings. The normalized spacial score (nSPS) is 37.6. The van der Waals surface area contributed by atoms with Crippen molar-refractivity contribution in [2.24, 2.45) is 10.8 Å². The summed E-state index contributed by atoms with van der Waals surface area (Å²) in [7, 11) is 1.74. The van der Waals surface area contributed by atoms with Crippen LogP contribution in [0, 0.1) is 10.8 Å². The number of carbonyl (C=O) groups is 1. The number of amides is 1.